The molecule has 2 rings (SSSR count). The molecular weight excluding hydrogens is 290 g/mol. The van der Waals surface area contributed by atoms with Crippen LogP contribution < -0.4 is 15.4 Å². The Hall–Kier alpha value is -2.34. The van der Waals surface area contributed by atoms with E-state index in [0.717, 1.165) is 42.5 Å². The van der Waals surface area contributed by atoms with Gasteiger partial charge in [0.1, 0.15) is 11.6 Å². The number of ether oxygens (including phenoxy) is 1. The summed E-state index contributed by atoms with van der Waals surface area (Å²) >= 11 is 0. The van der Waals surface area contributed by atoms with Crippen molar-refractivity contribution in [1.29, 1.82) is 0 Å². The first-order chi connectivity index (χ1) is 11.1. The Morgan fingerprint density at radius 1 is 1.13 bits per heavy atom. The van der Waals surface area contributed by atoms with Crippen molar-refractivity contribution >= 4 is 17.5 Å². The number of hydrogen-bond acceptors (Lipinski definition) is 6. The van der Waals surface area contributed by atoms with E-state index in [1.807, 2.05) is 37.3 Å². The molecule has 0 amide bonds. The van der Waals surface area contributed by atoms with Gasteiger partial charge in [-0.15, -0.1) is 0 Å². The van der Waals surface area contributed by atoms with Crippen molar-refractivity contribution in [2.24, 2.45) is 0 Å². The van der Waals surface area contributed by atoms with Gasteiger partial charge in [-0.2, -0.15) is 4.98 Å². The van der Waals surface area contributed by atoms with Gasteiger partial charge in [-0.1, -0.05) is 0 Å². The average molecular weight is 315 g/mol. The fourth-order valence-corrected chi connectivity index (χ4v) is 2.13. The van der Waals surface area contributed by atoms with Gasteiger partial charge in [0.25, 0.3) is 0 Å². The lowest BCUT2D eigenvalue weighted by atomic mass is 10.3. The second-order valence-corrected chi connectivity index (χ2v) is 5.66. The summed E-state index contributed by atoms with van der Waals surface area (Å²) in [6, 6.07) is 9.67. The van der Waals surface area contributed by atoms with Crippen molar-refractivity contribution in [2.75, 3.05) is 44.9 Å². The third kappa shape index (κ3) is 5.75. The molecule has 0 aliphatic heterocycles. The minimum absolute atomic E-state index is 0.653. The van der Waals surface area contributed by atoms with Crippen LogP contribution in [-0.2, 0) is 0 Å². The topological polar surface area (TPSA) is 62.3 Å². The molecule has 0 saturated heterocycles. The first kappa shape index (κ1) is 17.0. The summed E-state index contributed by atoms with van der Waals surface area (Å²) < 4.78 is 5.16. The maximum absolute atomic E-state index is 5.16. The fraction of sp³-hybridized carbons (Fsp3) is 0.412. The molecule has 0 fully saturated rings. The number of nitrogens with one attached hydrogen (secondary N) is 2. The highest BCUT2D eigenvalue weighted by atomic mass is 16.5. The Bertz CT molecular complexity index is 613. The van der Waals surface area contributed by atoms with Gasteiger partial charge < -0.3 is 20.3 Å². The van der Waals surface area contributed by atoms with Crippen LogP contribution in [0.5, 0.6) is 5.75 Å². The van der Waals surface area contributed by atoms with Crippen LogP contribution in [0, 0.1) is 6.92 Å². The average Bonchev–Trinajstić information content (AvgIpc) is 2.52. The van der Waals surface area contributed by atoms with Crippen LogP contribution in [-0.4, -0.2) is 49.2 Å². The second-order valence-electron chi connectivity index (χ2n) is 5.66. The molecule has 0 unspecified atom stereocenters. The maximum Gasteiger partial charge on any atom is 0.224 e. The van der Waals surface area contributed by atoms with Crippen LogP contribution in [0.25, 0.3) is 0 Å². The molecule has 1 heterocycles. The SMILES string of the molecule is COc1ccc(Nc2cc(C)nc(NCCCN(C)C)n2)cc1. The number of anilines is 3. The molecule has 23 heavy (non-hydrogen) atoms. The molecule has 0 saturated carbocycles. The van der Waals surface area contributed by atoms with Crippen molar-refractivity contribution in [3.8, 4) is 5.75 Å². The van der Waals surface area contributed by atoms with Crippen molar-refractivity contribution in [3.63, 3.8) is 0 Å². The first-order valence-corrected chi connectivity index (χ1v) is 7.72. The number of aromatic nitrogens is 2. The number of benzene rings is 1. The molecule has 0 bridgehead atoms. The van der Waals surface area contributed by atoms with Gasteiger partial charge in [0, 0.05) is 24.0 Å². The normalized spacial score (nSPS) is 10.7. The Labute approximate surface area is 137 Å². The molecule has 0 atom stereocenters. The lowest BCUT2D eigenvalue weighted by Gasteiger charge is -2.12. The molecule has 0 radical (unpaired) electrons. The highest BCUT2D eigenvalue weighted by Gasteiger charge is 2.03. The molecule has 1 aromatic carbocycles. The number of aryl methyl sites for hydroxylation is 1. The van der Waals surface area contributed by atoms with E-state index < -0.39 is 0 Å². The van der Waals surface area contributed by atoms with Crippen LogP contribution in [0.2, 0.25) is 0 Å². The van der Waals surface area contributed by atoms with E-state index in [1.54, 1.807) is 7.11 Å². The highest BCUT2D eigenvalue weighted by Crippen LogP contribution is 2.19. The van der Waals surface area contributed by atoms with Crippen molar-refractivity contribution in [2.45, 2.75) is 13.3 Å². The van der Waals surface area contributed by atoms with Crippen molar-refractivity contribution < 1.29 is 4.74 Å². The molecule has 0 aliphatic rings. The van der Waals surface area contributed by atoms with Crippen LogP contribution in [0.1, 0.15) is 12.1 Å². The molecule has 0 spiro atoms. The first-order valence-electron chi connectivity index (χ1n) is 7.72. The van der Waals surface area contributed by atoms with Gasteiger partial charge in [0.15, 0.2) is 0 Å². The van der Waals surface area contributed by atoms with E-state index in [-0.39, 0.29) is 0 Å². The standard InChI is InChI=1S/C17H25N5O/c1-13-12-16(20-14-6-8-15(23-4)9-7-14)21-17(19-13)18-10-5-11-22(2)3/h6-9,12H,5,10-11H2,1-4H3,(H2,18,19,20,21). The quantitative estimate of drug-likeness (QED) is 0.730. The fourth-order valence-electron chi connectivity index (χ4n) is 2.13. The number of hydrogen-bond donors (Lipinski definition) is 2. The minimum Gasteiger partial charge on any atom is -0.497 e. The molecular formula is C17H25N5O. The molecule has 124 valence electrons. The summed E-state index contributed by atoms with van der Waals surface area (Å²) in [7, 11) is 5.80. The van der Waals surface area contributed by atoms with Gasteiger partial charge in [-0.3, -0.25) is 0 Å². The lowest BCUT2D eigenvalue weighted by Crippen LogP contribution is -2.17. The number of nitrogens with zero attached hydrogens (tertiary/aromatic N) is 3. The minimum atomic E-state index is 0.653. The third-order valence-corrected chi connectivity index (χ3v) is 3.28. The zero-order valence-corrected chi connectivity index (χ0v) is 14.3. The zero-order chi connectivity index (χ0) is 16.7. The molecule has 2 N–H and O–H groups in total. The summed E-state index contributed by atoms with van der Waals surface area (Å²) in [5.41, 5.74) is 1.88. The summed E-state index contributed by atoms with van der Waals surface area (Å²) in [6.45, 7) is 3.85. The van der Waals surface area contributed by atoms with Gasteiger partial charge in [0.2, 0.25) is 5.95 Å². The lowest BCUT2D eigenvalue weighted by molar-refractivity contribution is 0.405. The van der Waals surface area contributed by atoms with E-state index in [1.165, 1.54) is 0 Å². The van der Waals surface area contributed by atoms with Crippen LogP contribution >= 0.6 is 0 Å². The van der Waals surface area contributed by atoms with Crippen molar-refractivity contribution in [1.82, 2.24) is 14.9 Å². The Kier molecular flexibility index (Phi) is 6.17. The van der Waals surface area contributed by atoms with Gasteiger partial charge >= 0.3 is 0 Å². The van der Waals surface area contributed by atoms with Crippen LogP contribution in [0.4, 0.5) is 17.5 Å². The van der Waals surface area contributed by atoms with E-state index in [4.69, 9.17) is 4.74 Å². The van der Waals surface area contributed by atoms with E-state index in [0.29, 0.717) is 5.95 Å². The van der Waals surface area contributed by atoms with E-state index >= 15 is 0 Å². The van der Waals surface area contributed by atoms with Crippen molar-refractivity contribution in [3.05, 3.63) is 36.0 Å². The predicted molar refractivity (Wildman–Crippen MR) is 94.7 cm³/mol. The summed E-state index contributed by atoms with van der Waals surface area (Å²) in [4.78, 5) is 11.1. The summed E-state index contributed by atoms with van der Waals surface area (Å²) in [6.07, 6.45) is 1.05. The van der Waals surface area contributed by atoms with Gasteiger partial charge in [0.05, 0.1) is 7.11 Å². The molecule has 6 heteroatoms. The molecule has 1 aromatic heterocycles. The van der Waals surface area contributed by atoms with Gasteiger partial charge in [-0.25, -0.2) is 4.98 Å². The smallest absolute Gasteiger partial charge is 0.224 e. The third-order valence-electron chi connectivity index (χ3n) is 3.28. The summed E-state index contributed by atoms with van der Waals surface area (Å²) in [5.74, 6) is 2.26. The molecule has 0 aliphatic carbocycles. The Balaban J connectivity index is 1.98. The number of methoxy groups -OCH3 is 1. The Morgan fingerprint density at radius 3 is 2.52 bits per heavy atom. The van der Waals surface area contributed by atoms with Crippen LogP contribution in [0.3, 0.4) is 0 Å². The predicted octanol–water partition coefficient (Wildman–Crippen LogP) is 2.90. The van der Waals surface area contributed by atoms with E-state index in [2.05, 4.69) is 39.6 Å². The molecule has 6 nitrogen and oxygen atoms in total. The van der Waals surface area contributed by atoms with Crippen LogP contribution in [0.15, 0.2) is 30.3 Å². The monoisotopic (exact) mass is 315 g/mol. The summed E-state index contributed by atoms with van der Waals surface area (Å²) in [5, 5.41) is 6.57. The molecule has 2 aromatic rings. The largest absolute Gasteiger partial charge is 0.497 e. The zero-order valence-electron chi connectivity index (χ0n) is 14.3. The maximum atomic E-state index is 5.16. The van der Waals surface area contributed by atoms with Gasteiger partial charge in [-0.05, 0) is 58.3 Å². The Morgan fingerprint density at radius 2 is 1.87 bits per heavy atom. The van der Waals surface area contributed by atoms with E-state index in [9.17, 15) is 0 Å². The second kappa shape index (κ2) is 8.33. The highest BCUT2D eigenvalue weighted by molar-refractivity contribution is 5.58. The number of rotatable bonds is 8.